The summed E-state index contributed by atoms with van der Waals surface area (Å²) in [6.45, 7) is 2.53. The minimum Gasteiger partial charge on any atom is -0.494 e. The Morgan fingerprint density at radius 3 is 2.81 bits per heavy atom. The minimum atomic E-state index is -0.255. The molecule has 0 atom stereocenters. The summed E-state index contributed by atoms with van der Waals surface area (Å²) in [7, 11) is 0. The lowest BCUT2D eigenvalue weighted by Crippen LogP contribution is -2.11. The fraction of sp³-hybridized carbons (Fsp3) is 0.105. The molecule has 0 bridgehead atoms. The lowest BCUT2D eigenvalue weighted by Gasteiger charge is -2.01. The van der Waals surface area contributed by atoms with Crippen LogP contribution in [0.4, 0.5) is 5.13 Å². The number of aromatic amines is 1. The zero-order chi connectivity index (χ0) is 17.9. The molecule has 130 valence electrons. The Balaban J connectivity index is 1.53. The molecule has 2 N–H and O–H groups in total. The number of hydrogen-bond acceptors (Lipinski definition) is 5. The van der Waals surface area contributed by atoms with Crippen LogP contribution >= 0.6 is 11.3 Å². The number of nitrogens with zero attached hydrogens (tertiary/aromatic N) is 2. The van der Waals surface area contributed by atoms with E-state index in [-0.39, 0.29) is 5.91 Å². The molecule has 0 aliphatic rings. The van der Waals surface area contributed by atoms with E-state index in [1.165, 1.54) is 11.3 Å². The summed E-state index contributed by atoms with van der Waals surface area (Å²) in [6, 6.07) is 17.2. The van der Waals surface area contributed by atoms with Crippen LogP contribution in [0.25, 0.3) is 21.5 Å². The molecule has 0 saturated carbocycles. The number of hydrogen-bond donors (Lipinski definition) is 2. The normalized spacial score (nSPS) is 10.8. The van der Waals surface area contributed by atoms with E-state index in [1.807, 2.05) is 55.5 Å². The molecule has 26 heavy (non-hydrogen) atoms. The molecular formula is C19H16N4O2S. The van der Waals surface area contributed by atoms with E-state index >= 15 is 0 Å². The van der Waals surface area contributed by atoms with Crippen molar-refractivity contribution in [2.75, 3.05) is 11.9 Å². The number of nitrogens with one attached hydrogen (secondary N) is 2. The summed E-state index contributed by atoms with van der Waals surface area (Å²) in [5.74, 6) is 0.514. The van der Waals surface area contributed by atoms with Crippen molar-refractivity contribution in [3.8, 4) is 16.3 Å². The van der Waals surface area contributed by atoms with Gasteiger partial charge < -0.3 is 9.72 Å². The highest BCUT2D eigenvalue weighted by atomic mass is 32.1. The first-order valence-electron chi connectivity index (χ1n) is 8.19. The molecule has 0 aliphatic carbocycles. The van der Waals surface area contributed by atoms with E-state index in [0.29, 0.717) is 17.4 Å². The van der Waals surface area contributed by atoms with Crippen LogP contribution in [0, 0.1) is 0 Å². The first-order valence-corrected chi connectivity index (χ1v) is 9.00. The molecule has 0 spiro atoms. The van der Waals surface area contributed by atoms with Gasteiger partial charge >= 0.3 is 0 Å². The van der Waals surface area contributed by atoms with Crippen molar-refractivity contribution in [2.24, 2.45) is 0 Å². The van der Waals surface area contributed by atoms with E-state index in [2.05, 4.69) is 20.5 Å². The van der Waals surface area contributed by atoms with Crippen LogP contribution in [-0.4, -0.2) is 27.7 Å². The van der Waals surface area contributed by atoms with Crippen LogP contribution in [0.2, 0.25) is 0 Å². The number of fused-ring (bicyclic) bond motifs is 1. The summed E-state index contributed by atoms with van der Waals surface area (Å²) < 4.78 is 5.49. The summed E-state index contributed by atoms with van der Waals surface area (Å²) in [5, 5.41) is 13.1. The van der Waals surface area contributed by atoms with Gasteiger partial charge in [0, 0.05) is 22.5 Å². The van der Waals surface area contributed by atoms with Gasteiger partial charge in [-0.15, -0.1) is 10.2 Å². The van der Waals surface area contributed by atoms with Crippen molar-refractivity contribution in [3.05, 3.63) is 60.3 Å². The Labute approximate surface area is 153 Å². The molecule has 7 heteroatoms. The van der Waals surface area contributed by atoms with E-state index in [1.54, 1.807) is 6.07 Å². The number of carbonyl (C=O) groups is 1. The highest BCUT2D eigenvalue weighted by molar-refractivity contribution is 7.18. The van der Waals surface area contributed by atoms with Gasteiger partial charge in [0.25, 0.3) is 5.91 Å². The van der Waals surface area contributed by atoms with Crippen LogP contribution in [0.15, 0.2) is 54.6 Å². The maximum absolute atomic E-state index is 12.5. The molecule has 0 unspecified atom stereocenters. The molecule has 4 aromatic rings. The highest BCUT2D eigenvalue weighted by Gasteiger charge is 2.13. The van der Waals surface area contributed by atoms with Crippen molar-refractivity contribution >= 4 is 33.3 Å². The Morgan fingerprint density at radius 1 is 1.15 bits per heavy atom. The summed E-state index contributed by atoms with van der Waals surface area (Å²) in [6.07, 6.45) is 0. The van der Waals surface area contributed by atoms with Crippen LogP contribution in [0.1, 0.15) is 17.4 Å². The maximum Gasteiger partial charge on any atom is 0.273 e. The van der Waals surface area contributed by atoms with Crippen molar-refractivity contribution in [1.82, 2.24) is 15.2 Å². The van der Waals surface area contributed by atoms with Gasteiger partial charge in [0.15, 0.2) is 0 Å². The average Bonchev–Trinajstić information content (AvgIpc) is 3.29. The number of rotatable bonds is 5. The lowest BCUT2D eigenvalue weighted by atomic mass is 10.2. The Hall–Kier alpha value is -3.19. The molecule has 0 fully saturated rings. The number of ether oxygens (including phenoxy) is 1. The average molecular weight is 364 g/mol. The van der Waals surface area contributed by atoms with Crippen molar-refractivity contribution in [3.63, 3.8) is 0 Å². The predicted octanol–water partition coefficient (Wildman–Crippen LogP) is 4.34. The Kier molecular flexibility index (Phi) is 4.37. The number of amides is 1. The predicted molar refractivity (Wildman–Crippen MR) is 103 cm³/mol. The van der Waals surface area contributed by atoms with Gasteiger partial charge in [-0.2, -0.15) is 0 Å². The maximum atomic E-state index is 12.5. The summed E-state index contributed by atoms with van der Waals surface area (Å²) in [4.78, 5) is 15.6. The third-order valence-electron chi connectivity index (χ3n) is 3.82. The van der Waals surface area contributed by atoms with E-state index in [4.69, 9.17) is 4.74 Å². The Morgan fingerprint density at radius 2 is 2.00 bits per heavy atom. The number of H-pyrrole nitrogens is 1. The molecule has 0 aliphatic heterocycles. The van der Waals surface area contributed by atoms with E-state index in [0.717, 1.165) is 27.2 Å². The minimum absolute atomic E-state index is 0.255. The van der Waals surface area contributed by atoms with Gasteiger partial charge in [0.05, 0.1) is 6.61 Å². The lowest BCUT2D eigenvalue weighted by molar-refractivity contribution is 0.102. The quantitative estimate of drug-likeness (QED) is 0.552. The van der Waals surface area contributed by atoms with Crippen LogP contribution in [0.5, 0.6) is 5.75 Å². The van der Waals surface area contributed by atoms with Gasteiger partial charge in [-0.25, -0.2) is 0 Å². The Bertz CT molecular complexity index is 1060. The van der Waals surface area contributed by atoms with Gasteiger partial charge in [0.2, 0.25) is 5.13 Å². The van der Waals surface area contributed by atoms with Crippen LogP contribution in [-0.2, 0) is 0 Å². The zero-order valence-corrected chi connectivity index (χ0v) is 14.8. The summed E-state index contributed by atoms with van der Waals surface area (Å²) in [5.41, 5.74) is 2.29. The van der Waals surface area contributed by atoms with Gasteiger partial charge in [-0.05, 0) is 25.1 Å². The van der Waals surface area contributed by atoms with E-state index < -0.39 is 0 Å². The van der Waals surface area contributed by atoms with Crippen LogP contribution in [0.3, 0.4) is 0 Å². The van der Waals surface area contributed by atoms with Gasteiger partial charge in [-0.3, -0.25) is 10.1 Å². The van der Waals surface area contributed by atoms with Crippen molar-refractivity contribution in [1.29, 1.82) is 0 Å². The molecule has 2 aromatic carbocycles. The molecular weight excluding hydrogens is 348 g/mol. The molecule has 4 rings (SSSR count). The molecule has 0 saturated heterocycles. The van der Waals surface area contributed by atoms with Crippen molar-refractivity contribution < 1.29 is 9.53 Å². The topological polar surface area (TPSA) is 79.9 Å². The molecule has 2 aromatic heterocycles. The number of anilines is 1. The first-order chi connectivity index (χ1) is 12.7. The SMILES string of the molecule is CCOc1ccc2cc(C(=O)Nc3nnc(-c4ccccc4)s3)[nH]c2c1. The second-order valence-corrected chi connectivity index (χ2v) is 6.58. The smallest absolute Gasteiger partial charge is 0.273 e. The van der Waals surface area contributed by atoms with E-state index in [9.17, 15) is 4.79 Å². The first kappa shape index (κ1) is 16.3. The highest BCUT2D eigenvalue weighted by Crippen LogP contribution is 2.27. The van der Waals surface area contributed by atoms with Crippen molar-refractivity contribution in [2.45, 2.75) is 6.92 Å². The van der Waals surface area contributed by atoms with Crippen LogP contribution < -0.4 is 10.1 Å². The third kappa shape index (κ3) is 3.29. The largest absolute Gasteiger partial charge is 0.494 e. The second kappa shape index (κ2) is 6.97. The fourth-order valence-electron chi connectivity index (χ4n) is 2.62. The third-order valence-corrected chi connectivity index (χ3v) is 4.70. The monoisotopic (exact) mass is 364 g/mol. The summed E-state index contributed by atoms with van der Waals surface area (Å²) >= 11 is 1.34. The fourth-order valence-corrected chi connectivity index (χ4v) is 3.36. The molecule has 0 radical (unpaired) electrons. The number of benzene rings is 2. The number of carbonyl (C=O) groups excluding carboxylic acids is 1. The zero-order valence-electron chi connectivity index (χ0n) is 14.0. The molecule has 6 nitrogen and oxygen atoms in total. The van der Waals surface area contributed by atoms with Gasteiger partial charge in [-0.1, -0.05) is 41.7 Å². The standard InChI is InChI=1S/C19H16N4O2S/c1-2-25-14-9-8-13-10-16(20-15(13)11-14)17(24)21-19-23-22-18(26-19)12-6-4-3-5-7-12/h3-11,20H,2H2,1H3,(H,21,23,24). The van der Waals surface area contributed by atoms with Gasteiger partial charge in [0.1, 0.15) is 16.5 Å². The molecule has 1 amide bonds. The number of aromatic nitrogens is 3. The molecule has 2 heterocycles. The second-order valence-electron chi connectivity index (χ2n) is 5.60.